The standard InChI is InChI=1S/C22H31N3O2/c1(2-11-24-14-17-26-18-15-24)5-16-27-20-8-6-7-19-9-10-21(23-22(19)20)25-12-3-4-13-25/h6-10H,1-5,11-18H2. The number of rotatable bonds is 8. The van der Waals surface area contributed by atoms with Crippen molar-refractivity contribution in [3.8, 4) is 5.75 Å². The first-order valence-corrected chi connectivity index (χ1v) is 10.5. The summed E-state index contributed by atoms with van der Waals surface area (Å²) in [5.41, 5.74) is 0.996. The van der Waals surface area contributed by atoms with E-state index in [9.17, 15) is 0 Å². The first-order chi connectivity index (χ1) is 13.4. The molecule has 0 aliphatic carbocycles. The third kappa shape index (κ3) is 4.90. The number of benzene rings is 1. The van der Waals surface area contributed by atoms with E-state index >= 15 is 0 Å². The molecule has 0 unspecified atom stereocenters. The molecule has 27 heavy (non-hydrogen) atoms. The number of aromatic nitrogens is 1. The molecule has 0 atom stereocenters. The van der Waals surface area contributed by atoms with Crippen LogP contribution in [0.4, 0.5) is 5.82 Å². The zero-order valence-electron chi connectivity index (χ0n) is 16.2. The molecule has 1 aromatic heterocycles. The highest BCUT2D eigenvalue weighted by Crippen LogP contribution is 2.28. The number of pyridine rings is 1. The molecule has 0 amide bonds. The number of morpholine rings is 1. The summed E-state index contributed by atoms with van der Waals surface area (Å²) in [6.45, 7) is 8.11. The Kier molecular flexibility index (Phi) is 6.43. The van der Waals surface area contributed by atoms with Crippen molar-refractivity contribution in [3.63, 3.8) is 0 Å². The average Bonchev–Trinajstić information content (AvgIpc) is 3.26. The topological polar surface area (TPSA) is 37.8 Å². The summed E-state index contributed by atoms with van der Waals surface area (Å²) in [5.74, 6) is 2.00. The zero-order valence-corrected chi connectivity index (χ0v) is 16.2. The Labute approximate surface area is 162 Å². The van der Waals surface area contributed by atoms with E-state index in [2.05, 4.69) is 40.1 Å². The van der Waals surface area contributed by atoms with E-state index in [0.717, 1.165) is 74.9 Å². The van der Waals surface area contributed by atoms with Gasteiger partial charge in [-0.3, -0.25) is 4.90 Å². The fraction of sp³-hybridized carbons (Fsp3) is 0.591. The number of ether oxygens (including phenoxy) is 2. The van der Waals surface area contributed by atoms with Gasteiger partial charge in [0.2, 0.25) is 0 Å². The lowest BCUT2D eigenvalue weighted by Gasteiger charge is -2.26. The highest BCUT2D eigenvalue weighted by molar-refractivity contribution is 5.86. The second-order valence-corrected chi connectivity index (χ2v) is 7.55. The summed E-state index contributed by atoms with van der Waals surface area (Å²) in [6.07, 6.45) is 6.06. The maximum Gasteiger partial charge on any atom is 0.145 e. The summed E-state index contributed by atoms with van der Waals surface area (Å²) in [4.78, 5) is 9.79. The van der Waals surface area contributed by atoms with Crippen LogP contribution >= 0.6 is 0 Å². The first-order valence-electron chi connectivity index (χ1n) is 10.5. The Bertz CT molecular complexity index is 725. The molecule has 2 aliphatic heterocycles. The van der Waals surface area contributed by atoms with E-state index in [1.54, 1.807) is 0 Å². The summed E-state index contributed by atoms with van der Waals surface area (Å²) >= 11 is 0. The van der Waals surface area contributed by atoms with Crippen LogP contribution in [0.2, 0.25) is 0 Å². The van der Waals surface area contributed by atoms with Crippen LogP contribution in [-0.2, 0) is 4.74 Å². The van der Waals surface area contributed by atoms with Gasteiger partial charge in [-0.2, -0.15) is 0 Å². The normalized spacial score (nSPS) is 18.3. The number of para-hydroxylation sites is 1. The van der Waals surface area contributed by atoms with E-state index in [1.165, 1.54) is 32.2 Å². The van der Waals surface area contributed by atoms with Gasteiger partial charge in [-0.25, -0.2) is 4.98 Å². The molecule has 2 saturated heterocycles. The summed E-state index contributed by atoms with van der Waals surface area (Å²) < 4.78 is 11.5. The van der Waals surface area contributed by atoms with Crippen molar-refractivity contribution < 1.29 is 9.47 Å². The van der Waals surface area contributed by atoms with Gasteiger partial charge in [-0.1, -0.05) is 12.1 Å². The van der Waals surface area contributed by atoms with Gasteiger partial charge >= 0.3 is 0 Å². The number of nitrogens with zero attached hydrogens (tertiary/aromatic N) is 3. The van der Waals surface area contributed by atoms with Crippen molar-refractivity contribution in [2.75, 3.05) is 57.4 Å². The highest BCUT2D eigenvalue weighted by atomic mass is 16.5. The number of hydrogen-bond acceptors (Lipinski definition) is 5. The maximum atomic E-state index is 6.11. The largest absolute Gasteiger partial charge is 0.491 e. The van der Waals surface area contributed by atoms with Gasteiger partial charge < -0.3 is 14.4 Å². The van der Waals surface area contributed by atoms with E-state index in [-0.39, 0.29) is 0 Å². The fourth-order valence-electron chi connectivity index (χ4n) is 3.97. The van der Waals surface area contributed by atoms with Gasteiger partial charge in [0, 0.05) is 31.6 Å². The lowest BCUT2D eigenvalue weighted by molar-refractivity contribution is 0.0370. The SMILES string of the molecule is c1cc(OCCCCCN2CCOCC2)c2nc(N3CCCC3)ccc2c1. The van der Waals surface area contributed by atoms with Crippen LogP contribution in [0, 0.1) is 0 Å². The van der Waals surface area contributed by atoms with Crippen LogP contribution < -0.4 is 9.64 Å². The number of unbranched alkanes of at least 4 members (excludes halogenated alkanes) is 2. The van der Waals surface area contributed by atoms with Gasteiger partial charge in [-0.05, 0) is 56.8 Å². The molecule has 0 radical (unpaired) electrons. The molecule has 4 rings (SSSR count). The minimum Gasteiger partial charge on any atom is -0.491 e. The third-order valence-corrected chi connectivity index (χ3v) is 5.58. The monoisotopic (exact) mass is 369 g/mol. The molecule has 5 nitrogen and oxygen atoms in total. The van der Waals surface area contributed by atoms with Crippen LogP contribution in [-0.4, -0.2) is 62.4 Å². The van der Waals surface area contributed by atoms with Crippen LogP contribution in [0.1, 0.15) is 32.1 Å². The van der Waals surface area contributed by atoms with Crippen molar-refractivity contribution in [3.05, 3.63) is 30.3 Å². The quantitative estimate of drug-likeness (QED) is 0.663. The molecule has 146 valence electrons. The Morgan fingerprint density at radius 2 is 1.78 bits per heavy atom. The lowest BCUT2D eigenvalue weighted by Crippen LogP contribution is -2.36. The van der Waals surface area contributed by atoms with Crippen molar-refractivity contribution in [1.82, 2.24) is 9.88 Å². The van der Waals surface area contributed by atoms with Crippen molar-refractivity contribution >= 4 is 16.7 Å². The van der Waals surface area contributed by atoms with Crippen molar-refractivity contribution in [2.45, 2.75) is 32.1 Å². The molecule has 5 heteroatoms. The molecule has 0 saturated carbocycles. The predicted molar refractivity (Wildman–Crippen MR) is 110 cm³/mol. The molecule has 1 aromatic carbocycles. The molecule has 2 aliphatic rings. The fourth-order valence-corrected chi connectivity index (χ4v) is 3.97. The molecule has 0 spiro atoms. The Balaban J connectivity index is 1.28. The highest BCUT2D eigenvalue weighted by Gasteiger charge is 2.15. The Morgan fingerprint density at radius 3 is 2.63 bits per heavy atom. The number of anilines is 1. The average molecular weight is 370 g/mol. The third-order valence-electron chi connectivity index (χ3n) is 5.58. The molecule has 0 N–H and O–H groups in total. The van der Waals surface area contributed by atoms with Crippen LogP contribution in [0.3, 0.4) is 0 Å². The predicted octanol–water partition coefficient (Wildman–Crippen LogP) is 3.72. The summed E-state index contributed by atoms with van der Waals surface area (Å²) in [5, 5.41) is 1.16. The molecule has 3 heterocycles. The van der Waals surface area contributed by atoms with E-state index in [0.29, 0.717) is 0 Å². The maximum absolute atomic E-state index is 6.11. The van der Waals surface area contributed by atoms with E-state index < -0.39 is 0 Å². The first kappa shape index (κ1) is 18.5. The van der Waals surface area contributed by atoms with Gasteiger partial charge in [0.15, 0.2) is 0 Å². The number of hydrogen-bond donors (Lipinski definition) is 0. The zero-order chi connectivity index (χ0) is 18.3. The molecule has 2 fully saturated rings. The van der Waals surface area contributed by atoms with Crippen LogP contribution in [0.5, 0.6) is 5.75 Å². The lowest BCUT2D eigenvalue weighted by atomic mass is 10.2. The smallest absolute Gasteiger partial charge is 0.145 e. The van der Waals surface area contributed by atoms with Crippen molar-refractivity contribution in [1.29, 1.82) is 0 Å². The molecular weight excluding hydrogens is 338 g/mol. The Hall–Kier alpha value is -1.85. The molecule has 0 bridgehead atoms. The Morgan fingerprint density at radius 1 is 0.926 bits per heavy atom. The molecule has 2 aromatic rings. The second kappa shape index (κ2) is 9.38. The van der Waals surface area contributed by atoms with E-state index in [4.69, 9.17) is 14.5 Å². The van der Waals surface area contributed by atoms with Gasteiger partial charge in [0.25, 0.3) is 0 Å². The van der Waals surface area contributed by atoms with Gasteiger partial charge in [0.05, 0.1) is 19.8 Å². The van der Waals surface area contributed by atoms with Gasteiger partial charge in [-0.15, -0.1) is 0 Å². The van der Waals surface area contributed by atoms with Crippen LogP contribution in [0.25, 0.3) is 10.9 Å². The number of fused-ring (bicyclic) bond motifs is 1. The minimum atomic E-state index is 0.762. The second-order valence-electron chi connectivity index (χ2n) is 7.55. The van der Waals surface area contributed by atoms with Gasteiger partial charge in [0.1, 0.15) is 17.1 Å². The molecular formula is C22H31N3O2. The summed E-state index contributed by atoms with van der Waals surface area (Å²) in [7, 11) is 0. The van der Waals surface area contributed by atoms with E-state index in [1.807, 2.05) is 0 Å². The summed E-state index contributed by atoms with van der Waals surface area (Å²) in [6, 6.07) is 10.5. The minimum absolute atomic E-state index is 0.762. The van der Waals surface area contributed by atoms with Crippen LogP contribution in [0.15, 0.2) is 30.3 Å². The van der Waals surface area contributed by atoms with Crippen molar-refractivity contribution in [2.24, 2.45) is 0 Å².